The number of rotatable bonds is 6. The maximum atomic E-state index is 10.6. The summed E-state index contributed by atoms with van der Waals surface area (Å²) < 4.78 is 0. The van der Waals surface area contributed by atoms with E-state index in [1.807, 2.05) is 45.0 Å². The number of aryl methyl sites for hydroxylation is 1. The highest BCUT2D eigenvalue weighted by Crippen LogP contribution is 2.24. The zero-order valence-electron chi connectivity index (χ0n) is 12.6. The van der Waals surface area contributed by atoms with Crippen LogP contribution in [0, 0.1) is 12.8 Å². The van der Waals surface area contributed by atoms with Crippen LogP contribution in [0.2, 0.25) is 0 Å². The molecule has 0 aromatic heterocycles. The van der Waals surface area contributed by atoms with Gasteiger partial charge in [-0.2, -0.15) is 0 Å². The van der Waals surface area contributed by atoms with Crippen molar-refractivity contribution in [3.63, 3.8) is 0 Å². The molecule has 3 heteroatoms. The second kappa shape index (κ2) is 6.51. The van der Waals surface area contributed by atoms with E-state index in [1.54, 1.807) is 0 Å². The summed E-state index contributed by atoms with van der Waals surface area (Å²) in [6, 6.07) is 7.84. The molecule has 0 aliphatic heterocycles. The van der Waals surface area contributed by atoms with Crippen LogP contribution in [0.15, 0.2) is 24.3 Å². The third-order valence-corrected chi connectivity index (χ3v) is 3.43. The third kappa shape index (κ3) is 4.60. The van der Waals surface area contributed by atoms with Crippen LogP contribution < -0.4 is 5.32 Å². The van der Waals surface area contributed by atoms with Crippen molar-refractivity contribution in [3.05, 3.63) is 35.4 Å². The van der Waals surface area contributed by atoms with E-state index in [0.29, 0.717) is 0 Å². The van der Waals surface area contributed by atoms with Crippen LogP contribution in [0.25, 0.3) is 0 Å². The van der Waals surface area contributed by atoms with Crippen molar-refractivity contribution in [1.82, 2.24) is 5.32 Å². The molecule has 1 rings (SSSR count). The Morgan fingerprint density at radius 3 is 2.11 bits per heavy atom. The minimum absolute atomic E-state index is 0.0385. The lowest BCUT2D eigenvalue weighted by atomic mass is 9.90. The van der Waals surface area contributed by atoms with Crippen molar-refractivity contribution in [2.45, 2.75) is 52.3 Å². The van der Waals surface area contributed by atoms with Gasteiger partial charge in [-0.1, -0.05) is 43.7 Å². The lowest BCUT2D eigenvalue weighted by Crippen LogP contribution is -2.52. The van der Waals surface area contributed by atoms with Gasteiger partial charge in [-0.25, -0.2) is 0 Å². The van der Waals surface area contributed by atoms with E-state index in [1.165, 1.54) is 5.56 Å². The number of aliphatic hydroxyl groups is 2. The zero-order chi connectivity index (χ0) is 14.6. The fraction of sp³-hybridized carbons (Fsp3) is 0.625. The Labute approximate surface area is 116 Å². The first-order chi connectivity index (χ1) is 8.76. The molecule has 3 nitrogen and oxygen atoms in total. The summed E-state index contributed by atoms with van der Waals surface area (Å²) in [5, 5.41) is 23.3. The number of nitrogens with one attached hydrogen (secondary N) is 1. The first-order valence-corrected chi connectivity index (χ1v) is 6.90. The van der Waals surface area contributed by atoms with Crippen molar-refractivity contribution < 1.29 is 10.2 Å². The average Bonchev–Trinajstić information content (AvgIpc) is 2.36. The molecule has 0 fully saturated rings. The van der Waals surface area contributed by atoms with E-state index in [9.17, 15) is 10.2 Å². The van der Waals surface area contributed by atoms with Gasteiger partial charge in [-0.15, -0.1) is 0 Å². The molecule has 19 heavy (non-hydrogen) atoms. The second-order valence-corrected chi connectivity index (χ2v) is 6.31. The van der Waals surface area contributed by atoms with E-state index >= 15 is 0 Å². The predicted octanol–water partition coefficient (Wildman–Crippen LogP) is 2.41. The van der Waals surface area contributed by atoms with Gasteiger partial charge in [0.05, 0.1) is 12.7 Å². The Morgan fingerprint density at radius 1 is 1.16 bits per heavy atom. The Bertz CT molecular complexity index is 384. The van der Waals surface area contributed by atoms with Gasteiger partial charge < -0.3 is 15.5 Å². The lowest BCUT2D eigenvalue weighted by molar-refractivity contribution is 0.0712. The fourth-order valence-electron chi connectivity index (χ4n) is 2.08. The van der Waals surface area contributed by atoms with Gasteiger partial charge in [0.15, 0.2) is 0 Å². The maximum Gasteiger partial charge on any atom is 0.0945 e. The average molecular weight is 265 g/mol. The normalized spacial score (nSPS) is 15.6. The largest absolute Gasteiger partial charge is 0.394 e. The molecule has 0 saturated carbocycles. The van der Waals surface area contributed by atoms with Crippen LogP contribution in [0.3, 0.4) is 0 Å². The Kier molecular flexibility index (Phi) is 5.53. The van der Waals surface area contributed by atoms with E-state index < -0.39 is 11.6 Å². The van der Waals surface area contributed by atoms with Crippen LogP contribution >= 0.6 is 0 Å². The molecule has 0 amide bonds. The highest BCUT2D eigenvalue weighted by Gasteiger charge is 2.29. The standard InChI is InChI=1S/C16H27NO2/c1-11(2)14(17-16(4,5)10-18)15(19)13-8-6-12(3)7-9-13/h6-9,11,14-15,17-19H,10H2,1-5H3. The molecular formula is C16H27NO2. The number of hydrogen-bond acceptors (Lipinski definition) is 3. The predicted molar refractivity (Wildman–Crippen MR) is 79.1 cm³/mol. The van der Waals surface area contributed by atoms with Gasteiger partial charge in [-0.3, -0.25) is 0 Å². The SMILES string of the molecule is Cc1ccc(C(O)C(NC(C)(C)CO)C(C)C)cc1. The summed E-state index contributed by atoms with van der Waals surface area (Å²) in [6.07, 6.45) is -0.577. The van der Waals surface area contributed by atoms with E-state index in [2.05, 4.69) is 19.2 Å². The first kappa shape index (κ1) is 16.2. The third-order valence-electron chi connectivity index (χ3n) is 3.43. The molecule has 108 valence electrons. The van der Waals surface area contributed by atoms with Crippen LogP contribution in [0.4, 0.5) is 0 Å². The van der Waals surface area contributed by atoms with E-state index in [-0.39, 0.29) is 18.6 Å². The minimum Gasteiger partial charge on any atom is -0.394 e. The molecule has 1 aromatic carbocycles. The van der Waals surface area contributed by atoms with Crippen LogP contribution in [-0.4, -0.2) is 28.4 Å². The molecule has 0 aliphatic rings. The van der Waals surface area contributed by atoms with Crippen molar-refractivity contribution >= 4 is 0 Å². The number of benzene rings is 1. The van der Waals surface area contributed by atoms with Gasteiger partial charge in [0, 0.05) is 11.6 Å². The van der Waals surface area contributed by atoms with E-state index in [0.717, 1.165) is 5.56 Å². The summed E-state index contributed by atoms with van der Waals surface area (Å²) in [5.74, 6) is 0.266. The Hall–Kier alpha value is -0.900. The molecule has 1 aromatic rings. The van der Waals surface area contributed by atoms with Gasteiger partial charge in [0.25, 0.3) is 0 Å². The highest BCUT2D eigenvalue weighted by molar-refractivity contribution is 5.24. The quantitative estimate of drug-likeness (QED) is 0.740. The molecule has 2 atom stereocenters. The van der Waals surface area contributed by atoms with E-state index in [4.69, 9.17) is 0 Å². The summed E-state index contributed by atoms with van der Waals surface area (Å²) in [6.45, 7) is 10.1. The first-order valence-electron chi connectivity index (χ1n) is 6.90. The molecular weight excluding hydrogens is 238 g/mol. The molecule has 3 N–H and O–H groups in total. The molecule has 2 unspecified atom stereocenters. The van der Waals surface area contributed by atoms with Gasteiger partial charge in [0.1, 0.15) is 0 Å². The monoisotopic (exact) mass is 265 g/mol. The molecule has 0 radical (unpaired) electrons. The number of hydrogen-bond donors (Lipinski definition) is 3. The number of aliphatic hydroxyl groups excluding tert-OH is 2. The molecule has 0 aliphatic carbocycles. The summed E-state index contributed by atoms with van der Waals surface area (Å²) in [5.41, 5.74) is 1.69. The summed E-state index contributed by atoms with van der Waals surface area (Å²) in [4.78, 5) is 0. The zero-order valence-corrected chi connectivity index (χ0v) is 12.6. The minimum atomic E-state index is -0.577. The van der Waals surface area contributed by atoms with Gasteiger partial charge in [-0.05, 0) is 32.3 Å². The molecule has 0 saturated heterocycles. The Balaban J connectivity index is 2.90. The van der Waals surface area contributed by atoms with Crippen molar-refractivity contribution in [2.75, 3.05) is 6.61 Å². The second-order valence-electron chi connectivity index (χ2n) is 6.31. The van der Waals surface area contributed by atoms with Gasteiger partial charge in [0.2, 0.25) is 0 Å². The summed E-state index contributed by atoms with van der Waals surface area (Å²) >= 11 is 0. The molecule has 0 bridgehead atoms. The highest BCUT2D eigenvalue weighted by atomic mass is 16.3. The molecule has 0 heterocycles. The van der Waals surface area contributed by atoms with Crippen LogP contribution in [-0.2, 0) is 0 Å². The van der Waals surface area contributed by atoms with Crippen LogP contribution in [0.5, 0.6) is 0 Å². The Morgan fingerprint density at radius 2 is 1.68 bits per heavy atom. The lowest BCUT2D eigenvalue weighted by Gasteiger charge is -2.35. The van der Waals surface area contributed by atoms with Crippen molar-refractivity contribution in [1.29, 1.82) is 0 Å². The topological polar surface area (TPSA) is 52.5 Å². The smallest absolute Gasteiger partial charge is 0.0945 e. The van der Waals surface area contributed by atoms with Crippen molar-refractivity contribution in [2.24, 2.45) is 5.92 Å². The van der Waals surface area contributed by atoms with Gasteiger partial charge >= 0.3 is 0 Å². The van der Waals surface area contributed by atoms with Crippen molar-refractivity contribution in [3.8, 4) is 0 Å². The summed E-state index contributed by atoms with van der Waals surface area (Å²) in [7, 11) is 0. The maximum absolute atomic E-state index is 10.6. The molecule has 0 spiro atoms. The van der Waals surface area contributed by atoms with Crippen LogP contribution in [0.1, 0.15) is 44.9 Å². The fourth-order valence-corrected chi connectivity index (χ4v) is 2.08.